The van der Waals surface area contributed by atoms with Crippen molar-refractivity contribution in [1.82, 2.24) is 10.2 Å². The Morgan fingerprint density at radius 3 is 2.58 bits per heavy atom. The number of carbonyl (C=O) groups is 2. The van der Waals surface area contributed by atoms with Gasteiger partial charge in [0.1, 0.15) is 12.3 Å². The molecule has 1 aromatic rings. The second kappa shape index (κ2) is 6.82. The molecule has 0 aromatic carbocycles. The van der Waals surface area contributed by atoms with Gasteiger partial charge in [-0.1, -0.05) is 13.8 Å². The number of carboxylic acids is 1. The topological polar surface area (TPSA) is 82.8 Å². The number of aliphatic carboxylic acids is 1. The van der Waals surface area contributed by atoms with Crippen LogP contribution in [0.5, 0.6) is 0 Å². The van der Waals surface area contributed by atoms with E-state index in [-0.39, 0.29) is 18.5 Å². The lowest BCUT2D eigenvalue weighted by Gasteiger charge is -2.24. The Balaban J connectivity index is 2.63. The first-order valence-corrected chi connectivity index (χ1v) is 6.20. The maximum atomic E-state index is 12.0. The normalized spacial score (nSPS) is 12.2. The summed E-state index contributed by atoms with van der Waals surface area (Å²) >= 11 is 0. The van der Waals surface area contributed by atoms with Crippen LogP contribution in [0.1, 0.15) is 32.6 Å². The van der Waals surface area contributed by atoms with Crippen molar-refractivity contribution in [2.24, 2.45) is 5.92 Å². The summed E-state index contributed by atoms with van der Waals surface area (Å²) in [6.07, 6.45) is 1.53. The lowest BCUT2D eigenvalue weighted by Crippen LogP contribution is -2.45. The largest absolute Gasteiger partial charge is 0.480 e. The molecule has 2 amide bonds. The smallest absolute Gasteiger partial charge is 0.323 e. The molecule has 0 radical (unpaired) electrons. The molecular weight excluding hydrogens is 248 g/mol. The molecule has 1 atom stereocenters. The minimum atomic E-state index is -1.03. The Morgan fingerprint density at radius 2 is 2.11 bits per heavy atom. The van der Waals surface area contributed by atoms with Gasteiger partial charge in [-0.05, 0) is 25.0 Å². The van der Waals surface area contributed by atoms with Gasteiger partial charge in [-0.2, -0.15) is 0 Å². The molecule has 0 spiro atoms. The van der Waals surface area contributed by atoms with Crippen molar-refractivity contribution in [3.8, 4) is 0 Å². The van der Waals surface area contributed by atoms with Gasteiger partial charge in [-0.3, -0.25) is 4.79 Å². The summed E-state index contributed by atoms with van der Waals surface area (Å²) in [5.74, 6) is -0.196. The molecule has 0 aliphatic heterocycles. The molecule has 2 N–H and O–H groups in total. The Labute approximate surface area is 112 Å². The fourth-order valence-corrected chi connectivity index (χ4v) is 1.71. The number of carboxylic acid groups (broad SMARTS) is 1. The van der Waals surface area contributed by atoms with E-state index in [1.54, 1.807) is 19.1 Å². The van der Waals surface area contributed by atoms with Crippen LogP contribution < -0.4 is 5.32 Å². The Bertz CT molecular complexity index is 414. The number of furan rings is 1. The molecule has 0 saturated heterocycles. The molecule has 0 aliphatic carbocycles. The Hall–Kier alpha value is -1.98. The number of nitrogens with zero attached hydrogens (tertiary/aromatic N) is 1. The minimum Gasteiger partial charge on any atom is -0.480 e. The maximum Gasteiger partial charge on any atom is 0.323 e. The number of urea groups is 1. The zero-order valence-corrected chi connectivity index (χ0v) is 11.4. The van der Waals surface area contributed by atoms with Crippen LogP contribution in [0, 0.1) is 5.92 Å². The first-order valence-electron chi connectivity index (χ1n) is 6.20. The molecule has 0 bridgehead atoms. The summed E-state index contributed by atoms with van der Waals surface area (Å²) in [6.45, 7) is 5.72. The van der Waals surface area contributed by atoms with Gasteiger partial charge in [0.15, 0.2) is 0 Å². The average Bonchev–Trinajstić information content (AvgIpc) is 2.79. The third-order valence-electron chi connectivity index (χ3n) is 2.51. The van der Waals surface area contributed by atoms with Crippen molar-refractivity contribution in [3.05, 3.63) is 24.2 Å². The highest BCUT2D eigenvalue weighted by Crippen LogP contribution is 2.12. The Kier molecular flexibility index (Phi) is 5.41. The van der Waals surface area contributed by atoms with E-state index in [0.29, 0.717) is 12.3 Å². The number of hydrogen-bond acceptors (Lipinski definition) is 3. The van der Waals surface area contributed by atoms with E-state index in [1.807, 2.05) is 13.8 Å². The second-order valence-corrected chi connectivity index (χ2v) is 4.85. The number of amides is 2. The fraction of sp³-hybridized carbons (Fsp3) is 0.538. The van der Waals surface area contributed by atoms with Gasteiger partial charge in [0, 0.05) is 6.54 Å². The van der Waals surface area contributed by atoms with Crippen LogP contribution in [-0.4, -0.2) is 35.1 Å². The molecule has 1 rings (SSSR count). The minimum absolute atomic E-state index is 0.198. The van der Waals surface area contributed by atoms with E-state index < -0.39 is 12.0 Å². The first-order chi connectivity index (χ1) is 8.90. The van der Waals surface area contributed by atoms with Gasteiger partial charge < -0.3 is 19.7 Å². The van der Waals surface area contributed by atoms with Gasteiger partial charge in [0.2, 0.25) is 0 Å². The fourth-order valence-electron chi connectivity index (χ4n) is 1.71. The number of hydrogen-bond donors (Lipinski definition) is 2. The molecule has 0 saturated carbocycles. The third-order valence-corrected chi connectivity index (χ3v) is 2.51. The van der Waals surface area contributed by atoms with Crippen LogP contribution in [0.15, 0.2) is 22.8 Å². The summed E-state index contributed by atoms with van der Waals surface area (Å²) in [6, 6.07) is 2.79. The van der Waals surface area contributed by atoms with E-state index in [1.165, 1.54) is 11.2 Å². The zero-order chi connectivity index (χ0) is 14.4. The van der Waals surface area contributed by atoms with Gasteiger partial charge >= 0.3 is 12.0 Å². The summed E-state index contributed by atoms with van der Waals surface area (Å²) in [4.78, 5) is 24.1. The molecule has 0 fully saturated rings. The molecule has 19 heavy (non-hydrogen) atoms. The van der Waals surface area contributed by atoms with Crippen LogP contribution in [-0.2, 0) is 4.79 Å². The molecule has 6 heteroatoms. The highest BCUT2D eigenvalue weighted by Gasteiger charge is 2.20. The number of rotatable bonds is 6. The standard InChI is InChI=1S/C13H20N2O4/c1-9(2)7-15(8-12(16)17)13(18)14-10(3)11-5-4-6-19-11/h4-6,9-10H,7-8H2,1-3H3,(H,14,18)(H,16,17). The van der Waals surface area contributed by atoms with Crippen LogP contribution in [0.2, 0.25) is 0 Å². The lowest BCUT2D eigenvalue weighted by atomic mass is 10.2. The molecule has 1 aromatic heterocycles. The van der Waals surface area contributed by atoms with Gasteiger partial charge in [0.25, 0.3) is 0 Å². The SMILES string of the molecule is CC(C)CN(CC(=O)O)C(=O)NC(C)c1ccco1. The van der Waals surface area contributed by atoms with Crippen molar-refractivity contribution in [1.29, 1.82) is 0 Å². The van der Waals surface area contributed by atoms with Crippen molar-refractivity contribution in [3.63, 3.8) is 0 Å². The van der Waals surface area contributed by atoms with E-state index in [4.69, 9.17) is 9.52 Å². The van der Waals surface area contributed by atoms with Gasteiger partial charge in [-0.15, -0.1) is 0 Å². The Morgan fingerprint density at radius 1 is 1.42 bits per heavy atom. The van der Waals surface area contributed by atoms with Crippen LogP contribution in [0.4, 0.5) is 4.79 Å². The molecule has 1 unspecified atom stereocenters. The predicted octanol–water partition coefficient (Wildman–Crippen LogP) is 2.09. The molecule has 6 nitrogen and oxygen atoms in total. The van der Waals surface area contributed by atoms with E-state index in [0.717, 1.165) is 0 Å². The van der Waals surface area contributed by atoms with E-state index in [2.05, 4.69) is 5.32 Å². The van der Waals surface area contributed by atoms with E-state index >= 15 is 0 Å². The van der Waals surface area contributed by atoms with Gasteiger partial charge in [0.05, 0.1) is 12.3 Å². The number of carbonyl (C=O) groups excluding carboxylic acids is 1. The lowest BCUT2D eigenvalue weighted by molar-refractivity contribution is -0.137. The average molecular weight is 268 g/mol. The summed E-state index contributed by atoms with van der Waals surface area (Å²) < 4.78 is 5.19. The second-order valence-electron chi connectivity index (χ2n) is 4.85. The molecule has 0 aliphatic rings. The monoisotopic (exact) mass is 268 g/mol. The quantitative estimate of drug-likeness (QED) is 0.827. The van der Waals surface area contributed by atoms with Crippen molar-refractivity contribution >= 4 is 12.0 Å². The first kappa shape index (κ1) is 15.1. The zero-order valence-electron chi connectivity index (χ0n) is 11.4. The summed E-state index contributed by atoms with van der Waals surface area (Å²) in [5, 5.41) is 11.5. The van der Waals surface area contributed by atoms with Crippen molar-refractivity contribution < 1.29 is 19.1 Å². The molecular formula is C13H20N2O4. The van der Waals surface area contributed by atoms with Crippen LogP contribution in [0.3, 0.4) is 0 Å². The number of nitrogens with one attached hydrogen (secondary N) is 1. The van der Waals surface area contributed by atoms with Crippen LogP contribution >= 0.6 is 0 Å². The highest BCUT2D eigenvalue weighted by atomic mass is 16.4. The highest BCUT2D eigenvalue weighted by molar-refractivity contribution is 5.80. The third kappa shape index (κ3) is 5.03. The molecule has 106 valence electrons. The van der Waals surface area contributed by atoms with Gasteiger partial charge in [-0.25, -0.2) is 4.79 Å². The van der Waals surface area contributed by atoms with E-state index in [9.17, 15) is 9.59 Å². The summed E-state index contributed by atoms with van der Waals surface area (Å²) in [7, 11) is 0. The maximum absolute atomic E-state index is 12.0. The van der Waals surface area contributed by atoms with Crippen LogP contribution in [0.25, 0.3) is 0 Å². The van der Waals surface area contributed by atoms with Crippen molar-refractivity contribution in [2.75, 3.05) is 13.1 Å². The summed E-state index contributed by atoms with van der Waals surface area (Å²) in [5.41, 5.74) is 0. The molecule has 1 heterocycles. The predicted molar refractivity (Wildman–Crippen MR) is 69.7 cm³/mol. The van der Waals surface area contributed by atoms with Crippen molar-refractivity contribution in [2.45, 2.75) is 26.8 Å².